The minimum absolute atomic E-state index is 1.40. The van der Waals surface area contributed by atoms with Crippen molar-refractivity contribution in [2.45, 2.75) is 0 Å². The van der Waals surface area contributed by atoms with Crippen LogP contribution in [0.4, 0.5) is 0 Å². The molecule has 0 radical (unpaired) electrons. The standard InChI is InChI=1S/C10H6S/c1-2-10(11-5-1)9-6-7-3-4-8(7)9/h1-6H. The van der Waals surface area contributed by atoms with Crippen LogP contribution in [-0.4, -0.2) is 0 Å². The van der Waals surface area contributed by atoms with Gasteiger partial charge in [-0.15, -0.1) is 11.3 Å². The molecule has 3 rings (SSSR count). The highest BCUT2D eigenvalue weighted by molar-refractivity contribution is 7.13. The molecule has 2 aliphatic carbocycles. The van der Waals surface area contributed by atoms with E-state index in [9.17, 15) is 0 Å². The predicted molar refractivity (Wildman–Crippen MR) is 47.4 cm³/mol. The normalized spacial score (nSPS) is 11.6. The third-order valence-electron chi connectivity index (χ3n) is 2.12. The molecule has 0 nitrogen and oxygen atoms in total. The highest BCUT2D eigenvalue weighted by Crippen LogP contribution is 2.30. The van der Waals surface area contributed by atoms with Gasteiger partial charge in [0, 0.05) is 10.4 Å². The maximum absolute atomic E-state index is 2.25. The van der Waals surface area contributed by atoms with Crippen LogP contribution in [0, 0.1) is 10.4 Å². The highest BCUT2D eigenvalue weighted by atomic mass is 32.1. The van der Waals surface area contributed by atoms with Crippen LogP contribution < -0.4 is 0 Å². The van der Waals surface area contributed by atoms with Gasteiger partial charge in [0.2, 0.25) is 0 Å². The first kappa shape index (κ1) is 5.56. The maximum atomic E-state index is 2.25. The van der Waals surface area contributed by atoms with Crippen molar-refractivity contribution in [2.24, 2.45) is 0 Å². The summed E-state index contributed by atoms with van der Waals surface area (Å²) in [6.45, 7) is 0. The first-order valence-corrected chi connectivity index (χ1v) is 4.51. The van der Waals surface area contributed by atoms with Gasteiger partial charge in [-0.05, 0) is 28.0 Å². The summed E-state index contributed by atoms with van der Waals surface area (Å²) in [5.41, 5.74) is 1.43. The zero-order valence-electron chi connectivity index (χ0n) is 5.87. The fourth-order valence-corrected chi connectivity index (χ4v) is 2.18. The van der Waals surface area contributed by atoms with Gasteiger partial charge >= 0.3 is 0 Å². The van der Waals surface area contributed by atoms with E-state index < -0.39 is 0 Å². The number of hydrogen-bond acceptors (Lipinski definition) is 1. The molecule has 1 aromatic rings. The Balaban J connectivity index is 2.26. The van der Waals surface area contributed by atoms with Crippen LogP contribution in [0.25, 0.3) is 10.4 Å². The molecule has 0 fully saturated rings. The second-order valence-corrected chi connectivity index (χ2v) is 3.69. The summed E-state index contributed by atoms with van der Waals surface area (Å²) >= 11 is 1.81. The Bertz CT molecular complexity index is 480. The lowest BCUT2D eigenvalue weighted by Crippen LogP contribution is -1.89. The maximum Gasteiger partial charge on any atom is 0.0349 e. The summed E-state index contributed by atoms with van der Waals surface area (Å²) in [5, 5.41) is 5.00. The van der Waals surface area contributed by atoms with E-state index in [1.165, 1.54) is 20.9 Å². The van der Waals surface area contributed by atoms with E-state index >= 15 is 0 Å². The quantitative estimate of drug-likeness (QED) is 0.510. The van der Waals surface area contributed by atoms with E-state index in [4.69, 9.17) is 0 Å². The van der Waals surface area contributed by atoms with Gasteiger partial charge in [-0.25, -0.2) is 0 Å². The molecule has 0 amide bonds. The van der Waals surface area contributed by atoms with Crippen molar-refractivity contribution < 1.29 is 0 Å². The Hall–Kier alpha value is -1.08. The summed E-state index contributed by atoms with van der Waals surface area (Å²) in [6.07, 6.45) is 0. The van der Waals surface area contributed by atoms with Gasteiger partial charge in [-0.3, -0.25) is 0 Å². The number of rotatable bonds is 1. The van der Waals surface area contributed by atoms with Crippen LogP contribution in [0.5, 0.6) is 0 Å². The molecule has 1 heteroatoms. The monoisotopic (exact) mass is 158 g/mol. The molecular formula is C10H6S. The van der Waals surface area contributed by atoms with Crippen molar-refractivity contribution in [1.29, 1.82) is 0 Å². The summed E-state index contributed by atoms with van der Waals surface area (Å²) in [6, 6.07) is 10.9. The van der Waals surface area contributed by atoms with Gasteiger partial charge in [-0.2, -0.15) is 0 Å². The lowest BCUT2D eigenvalue weighted by atomic mass is 9.98. The van der Waals surface area contributed by atoms with Gasteiger partial charge in [-0.1, -0.05) is 18.2 Å². The van der Waals surface area contributed by atoms with E-state index in [0.29, 0.717) is 0 Å². The fraction of sp³-hybridized carbons (Fsp3) is 0. The van der Waals surface area contributed by atoms with E-state index in [1.807, 2.05) is 11.3 Å². The fourth-order valence-electron chi connectivity index (χ4n) is 1.43. The topological polar surface area (TPSA) is 0 Å². The molecule has 0 bridgehead atoms. The minimum atomic E-state index is 1.40. The first-order valence-electron chi connectivity index (χ1n) is 3.63. The highest BCUT2D eigenvalue weighted by Gasteiger charge is 2.07. The van der Waals surface area contributed by atoms with Crippen molar-refractivity contribution in [1.82, 2.24) is 0 Å². The van der Waals surface area contributed by atoms with Gasteiger partial charge in [0.25, 0.3) is 0 Å². The average Bonchev–Trinajstić information content (AvgIpc) is 2.46. The predicted octanol–water partition coefficient (Wildman–Crippen LogP) is 3.02. The molecule has 11 heavy (non-hydrogen) atoms. The third kappa shape index (κ3) is 0.589. The molecule has 2 aliphatic rings. The third-order valence-corrected chi connectivity index (χ3v) is 3.02. The zero-order valence-corrected chi connectivity index (χ0v) is 6.69. The number of hydrogen-bond donors (Lipinski definition) is 0. The molecule has 0 aromatic carbocycles. The molecule has 0 unspecified atom stereocenters. The first-order chi connectivity index (χ1) is 5.45. The van der Waals surface area contributed by atoms with E-state index in [1.54, 1.807) is 0 Å². The Morgan fingerprint density at radius 2 is 2.09 bits per heavy atom. The van der Waals surface area contributed by atoms with Crippen LogP contribution in [0.3, 0.4) is 0 Å². The largest absolute Gasteiger partial charge is 0.144 e. The lowest BCUT2D eigenvalue weighted by Gasteiger charge is -2.08. The minimum Gasteiger partial charge on any atom is -0.144 e. The summed E-state index contributed by atoms with van der Waals surface area (Å²) in [7, 11) is 0. The van der Waals surface area contributed by atoms with Gasteiger partial charge in [0.1, 0.15) is 0 Å². The lowest BCUT2D eigenvalue weighted by molar-refractivity contribution is 1.39. The summed E-state index contributed by atoms with van der Waals surface area (Å²) < 4.78 is 0. The zero-order chi connectivity index (χ0) is 7.26. The summed E-state index contributed by atoms with van der Waals surface area (Å²) in [5.74, 6) is 0. The smallest absolute Gasteiger partial charge is 0.0349 e. The van der Waals surface area contributed by atoms with Crippen molar-refractivity contribution >= 4 is 11.3 Å². The molecule has 0 saturated carbocycles. The molecule has 0 saturated heterocycles. The Kier molecular flexibility index (Phi) is 0.880. The van der Waals surface area contributed by atoms with Crippen LogP contribution in [-0.2, 0) is 0 Å². The number of benzene rings is 1. The average molecular weight is 158 g/mol. The molecule has 0 spiro atoms. The SMILES string of the molecule is c1csc(-c2cc3ccc2=3)c1. The molecule has 0 aliphatic heterocycles. The molecule has 0 N–H and O–H groups in total. The van der Waals surface area contributed by atoms with E-state index in [2.05, 4.69) is 35.7 Å². The van der Waals surface area contributed by atoms with Gasteiger partial charge < -0.3 is 0 Å². The van der Waals surface area contributed by atoms with Crippen molar-refractivity contribution in [3.8, 4) is 10.4 Å². The van der Waals surface area contributed by atoms with Crippen molar-refractivity contribution in [3.63, 3.8) is 0 Å². The molecule has 1 heterocycles. The van der Waals surface area contributed by atoms with Crippen LogP contribution in [0.2, 0.25) is 0 Å². The second-order valence-electron chi connectivity index (χ2n) is 2.74. The second kappa shape index (κ2) is 1.74. The van der Waals surface area contributed by atoms with Crippen molar-refractivity contribution in [2.75, 3.05) is 0 Å². The van der Waals surface area contributed by atoms with Crippen molar-refractivity contribution in [3.05, 3.63) is 46.1 Å². The van der Waals surface area contributed by atoms with Gasteiger partial charge in [0.05, 0.1) is 0 Å². The van der Waals surface area contributed by atoms with Crippen LogP contribution in [0.1, 0.15) is 0 Å². The molecular weight excluding hydrogens is 152 g/mol. The van der Waals surface area contributed by atoms with E-state index in [-0.39, 0.29) is 0 Å². The molecule has 1 aromatic heterocycles. The van der Waals surface area contributed by atoms with Crippen LogP contribution >= 0.6 is 11.3 Å². The molecule has 52 valence electrons. The van der Waals surface area contributed by atoms with Gasteiger partial charge in [0.15, 0.2) is 0 Å². The Labute approximate surface area is 68.4 Å². The van der Waals surface area contributed by atoms with Crippen LogP contribution in [0.15, 0.2) is 35.7 Å². The van der Waals surface area contributed by atoms with E-state index in [0.717, 1.165) is 0 Å². The summed E-state index contributed by atoms with van der Waals surface area (Å²) in [4.78, 5) is 1.40. The number of thiophene rings is 1. The molecule has 0 atom stereocenters. The Morgan fingerprint density at radius 3 is 2.55 bits per heavy atom. The Morgan fingerprint density at radius 1 is 1.09 bits per heavy atom.